The van der Waals surface area contributed by atoms with Gasteiger partial charge in [0.2, 0.25) is 11.7 Å². The van der Waals surface area contributed by atoms with Gasteiger partial charge in [0.05, 0.1) is 5.69 Å². The van der Waals surface area contributed by atoms with Gasteiger partial charge in [0, 0.05) is 28.6 Å². The van der Waals surface area contributed by atoms with Crippen LogP contribution >= 0.6 is 0 Å². The molecule has 12 heteroatoms. The van der Waals surface area contributed by atoms with Crippen LogP contribution in [0, 0.1) is 0 Å². The van der Waals surface area contributed by atoms with Gasteiger partial charge >= 0.3 is 0 Å². The fraction of sp³-hybridized carbons (Fsp3) is 0.150. The molecule has 0 saturated heterocycles. The number of nitrogens with two attached hydrogens (primary N) is 1. The van der Waals surface area contributed by atoms with Crippen LogP contribution in [0.4, 0.5) is 0 Å². The Bertz CT molecular complexity index is 1380. The molecule has 0 aliphatic rings. The zero-order valence-corrected chi connectivity index (χ0v) is 16.6. The van der Waals surface area contributed by atoms with E-state index in [9.17, 15) is 10.2 Å². The number of benzene rings is 1. The first-order valence-electron chi connectivity index (χ1n) is 9.60. The van der Waals surface area contributed by atoms with Crippen LogP contribution in [0.5, 0.6) is 5.88 Å². The molecule has 32 heavy (non-hydrogen) atoms. The molecule has 5 aromatic rings. The average molecular weight is 434 g/mol. The second kappa shape index (κ2) is 8.28. The van der Waals surface area contributed by atoms with Crippen molar-refractivity contribution in [2.24, 2.45) is 5.84 Å². The molecule has 0 saturated carbocycles. The van der Waals surface area contributed by atoms with Crippen LogP contribution in [0.3, 0.4) is 0 Å². The van der Waals surface area contributed by atoms with Crippen LogP contribution < -0.4 is 16.0 Å². The van der Waals surface area contributed by atoms with Crippen LogP contribution in [0.1, 0.15) is 23.2 Å². The van der Waals surface area contributed by atoms with Crippen LogP contribution in [0.25, 0.3) is 27.9 Å². The van der Waals surface area contributed by atoms with Crippen molar-refractivity contribution in [1.82, 2.24) is 35.4 Å². The van der Waals surface area contributed by atoms with E-state index in [2.05, 4.69) is 30.9 Å². The minimum absolute atomic E-state index is 0.144. The molecule has 1 aromatic carbocycles. The number of ether oxygens (including phenoxy) is 1. The number of hydrogen-bond donors (Lipinski definition) is 4. The third-order valence-electron chi connectivity index (χ3n) is 4.85. The Morgan fingerprint density at radius 1 is 1.16 bits per heavy atom. The lowest BCUT2D eigenvalue weighted by Gasteiger charge is -2.11. The van der Waals surface area contributed by atoms with Gasteiger partial charge in [-0.25, -0.2) is 5.43 Å². The van der Waals surface area contributed by atoms with Gasteiger partial charge in [0.1, 0.15) is 19.4 Å². The van der Waals surface area contributed by atoms with Gasteiger partial charge in [0.25, 0.3) is 0 Å². The highest BCUT2D eigenvalue weighted by molar-refractivity contribution is 5.96. The van der Waals surface area contributed by atoms with Crippen LogP contribution in [-0.2, 0) is 13.2 Å². The van der Waals surface area contributed by atoms with E-state index in [0.717, 1.165) is 10.8 Å². The number of hydrogen-bond acceptors (Lipinski definition) is 11. The molecule has 12 nitrogen and oxygen atoms in total. The summed E-state index contributed by atoms with van der Waals surface area (Å²) in [4.78, 5) is 4.29. The first kappa shape index (κ1) is 20.0. The molecule has 4 heterocycles. The summed E-state index contributed by atoms with van der Waals surface area (Å²) in [6, 6.07) is 12.5. The van der Waals surface area contributed by atoms with E-state index in [1.165, 1.54) is 10.7 Å². The van der Waals surface area contributed by atoms with Crippen molar-refractivity contribution in [3.8, 4) is 17.4 Å². The molecule has 162 valence electrons. The molecule has 4 aromatic heterocycles. The van der Waals surface area contributed by atoms with Gasteiger partial charge in [-0.05, 0) is 12.1 Å². The third kappa shape index (κ3) is 3.52. The predicted molar refractivity (Wildman–Crippen MR) is 111 cm³/mol. The number of aromatic nitrogens is 6. The number of nitrogens with zero attached hydrogens (tertiary/aromatic N) is 6. The summed E-state index contributed by atoms with van der Waals surface area (Å²) in [6.45, 7) is -0.135. The Balaban J connectivity index is 1.52. The summed E-state index contributed by atoms with van der Waals surface area (Å²) in [5.74, 6) is 6.25. The quantitative estimate of drug-likeness (QED) is 0.163. The van der Waals surface area contributed by atoms with Gasteiger partial charge < -0.3 is 19.5 Å². The molecule has 0 bridgehead atoms. The van der Waals surface area contributed by atoms with E-state index in [4.69, 9.17) is 15.1 Å². The standard InChI is InChI=1S/C20H18N8O4/c21-23-19(30)11-5-6-12(22-8-11)10-31-20-15-4-2-1-3-14(15)17-24-25-18(28(17)26-20)16-7-13(9-29)32-27-16/h1-8,19,23,29-30H,9-10,21H2. The largest absolute Gasteiger partial charge is 0.470 e. The van der Waals surface area contributed by atoms with Gasteiger partial charge in [-0.15, -0.1) is 15.3 Å². The first-order chi connectivity index (χ1) is 15.7. The summed E-state index contributed by atoms with van der Waals surface area (Å²) < 4.78 is 12.6. The number of fused-ring (bicyclic) bond motifs is 3. The maximum atomic E-state index is 9.71. The number of hydrazine groups is 1. The minimum Gasteiger partial charge on any atom is -0.470 e. The molecule has 1 unspecified atom stereocenters. The Morgan fingerprint density at radius 2 is 2.00 bits per heavy atom. The van der Waals surface area contributed by atoms with Crippen molar-refractivity contribution >= 4 is 16.4 Å². The molecular weight excluding hydrogens is 416 g/mol. The number of aliphatic hydroxyl groups is 2. The van der Waals surface area contributed by atoms with Crippen molar-refractivity contribution in [3.63, 3.8) is 0 Å². The monoisotopic (exact) mass is 434 g/mol. The van der Waals surface area contributed by atoms with E-state index in [1.54, 1.807) is 18.2 Å². The highest BCUT2D eigenvalue weighted by Gasteiger charge is 2.19. The summed E-state index contributed by atoms with van der Waals surface area (Å²) >= 11 is 0. The van der Waals surface area contributed by atoms with E-state index in [0.29, 0.717) is 40.1 Å². The van der Waals surface area contributed by atoms with Crippen molar-refractivity contribution in [1.29, 1.82) is 0 Å². The van der Waals surface area contributed by atoms with E-state index >= 15 is 0 Å². The van der Waals surface area contributed by atoms with Crippen LogP contribution in [0.2, 0.25) is 0 Å². The summed E-state index contributed by atoms with van der Waals surface area (Å²) in [5.41, 5.74) is 4.34. The van der Waals surface area contributed by atoms with Gasteiger partial charge in [0.15, 0.2) is 17.1 Å². The van der Waals surface area contributed by atoms with Crippen molar-refractivity contribution in [2.45, 2.75) is 19.4 Å². The smallest absolute Gasteiger partial charge is 0.240 e. The number of nitrogens with one attached hydrogen (secondary N) is 1. The predicted octanol–water partition coefficient (Wildman–Crippen LogP) is 0.853. The fourth-order valence-corrected chi connectivity index (χ4v) is 3.23. The Morgan fingerprint density at radius 3 is 2.72 bits per heavy atom. The molecule has 5 N–H and O–H groups in total. The topological polar surface area (TPSA) is 170 Å². The molecule has 1 atom stereocenters. The van der Waals surface area contributed by atoms with Crippen molar-refractivity contribution in [2.75, 3.05) is 0 Å². The summed E-state index contributed by atoms with van der Waals surface area (Å²) in [6.07, 6.45) is 0.514. The van der Waals surface area contributed by atoms with Gasteiger partial charge in [-0.1, -0.05) is 29.4 Å². The fourth-order valence-electron chi connectivity index (χ4n) is 3.23. The van der Waals surface area contributed by atoms with E-state index in [1.807, 2.05) is 24.3 Å². The molecule has 0 radical (unpaired) electrons. The summed E-state index contributed by atoms with van der Waals surface area (Å²) in [5, 5.41) is 37.5. The number of rotatable bonds is 7. The molecular formula is C20H18N8O4. The lowest BCUT2D eigenvalue weighted by Crippen LogP contribution is -2.27. The Kier molecular flexibility index (Phi) is 5.17. The van der Waals surface area contributed by atoms with E-state index < -0.39 is 6.23 Å². The van der Waals surface area contributed by atoms with Crippen LogP contribution in [0.15, 0.2) is 53.2 Å². The zero-order chi connectivity index (χ0) is 22.1. The molecule has 0 aliphatic heterocycles. The highest BCUT2D eigenvalue weighted by Crippen LogP contribution is 2.29. The minimum atomic E-state index is -1.000. The molecule has 0 aliphatic carbocycles. The second-order valence-electron chi connectivity index (χ2n) is 6.89. The lowest BCUT2D eigenvalue weighted by atomic mass is 10.2. The first-order valence-corrected chi connectivity index (χ1v) is 9.60. The molecule has 0 amide bonds. The Hall–Kier alpha value is -3.97. The normalized spacial score (nSPS) is 12.5. The highest BCUT2D eigenvalue weighted by atomic mass is 16.5. The van der Waals surface area contributed by atoms with Crippen molar-refractivity contribution < 1.29 is 19.5 Å². The third-order valence-corrected chi connectivity index (χ3v) is 4.85. The number of aliphatic hydroxyl groups excluding tert-OH is 2. The maximum absolute atomic E-state index is 9.71. The van der Waals surface area contributed by atoms with Gasteiger partial charge in [-0.3, -0.25) is 10.8 Å². The van der Waals surface area contributed by atoms with Gasteiger partial charge in [-0.2, -0.15) is 4.52 Å². The number of pyridine rings is 1. The van der Waals surface area contributed by atoms with Crippen LogP contribution in [-0.4, -0.2) is 40.2 Å². The summed E-state index contributed by atoms with van der Waals surface area (Å²) in [7, 11) is 0. The second-order valence-corrected chi connectivity index (χ2v) is 6.89. The molecule has 0 spiro atoms. The zero-order valence-electron chi connectivity index (χ0n) is 16.6. The maximum Gasteiger partial charge on any atom is 0.240 e. The molecule has 0 fully saturated rings. The SMILES string of the molecule is NNC(O)c1ccc(COc2nn3c(-c4cc(CO)on4)nnc3c3ccccc23)nc1. The average Bonchev–Trinajstić information content (AvgIpc) is 3.49. The van der Waals surface area contributed by atoms with E-state index in [-0.39, 0.29) is 13.2 Å². The molecule has 5 rings (SSSR count). The lowest BCUT2D eigenvalue weighted by molar-refractivity contribution is 0.139. The van der Waals surface area contributed by atoms with Crippen molar-refractivity contribution in [3.05, 3.63) is 65.7 Å². The Labute approximate surface area is 180 Å².